The number of aryl methyl sites for hydroxylation is 2. The molecule has 0 spiro atoms. The molecule has 0 aliphatic heterocycles. The summed E-state index contributed by atoms with van der Waals surface area (Å²) in [6, 6.07) is 59.6. The van der Waals surface area contributed by atoms with Crippen molar-refractivity contribution in [2.45, 2.75) is 13.8 Å². The van der Waals surface area contributed by atoms with E-state index >= 15 is 0 Å². The standard InChI is InChI=1S/C47H34N4/c1-31-15-12-13-23-38(31)44-32(2)16-14-24-39(44)35-25-27-42-40(29-35)41-30-36(26-28-43(41)51(42)37-21-10-5-11-22-37)47-49-45(33-17-6-3-7-18-33)48-46(50-47)34-19-8-4-9-20-34/h3-30H,1-2H3. The molecule has 2 heterocycles. The van der Waals surface area contributed by atoms with Gasteiger partial charge in [0.1, 0.15) is 0 Å². The Morgan fingerprint density at radius 2 is 0.843 bits per heavy atom. The summed E-state index contributed by atoms with van der Waals surface area (Å²) in [7, 11) is 0. The number of nitrogens with zero attached hydrogens (tertiary/aromatic N) is 4. The lowest BCUT2D eigenvalue weighted by Crippen LogP contribution is -2.00. The van der Waals surface area contributed by atoms with Crippen molar-refractivity contribution < 1.29 is 0 Å². The Hall–Kier alpha value is -6.65. The number of hydrogen-bond donors (Lipinski definition) is 0. The minimum atomic E-state index is 0.641. The summed E-state index contributed by atoms with van der Waals surface area (Å²) in [5, 5.41) is 2.31. The molecule has 0 saturated heterocycles. The van der Waals surface area contributed by atoms with E-state index in [2.05, 4.69) is 128 Å². The van der Waals surface area contributed by atoms with E-state index in [0.717, 1.165) is 38.8 Å². The molecule has 0 N–H and O–H groups in total. The molecule has 0 unspecified atom stereocenters. The number of para-hydroxylation sites is 1. The first-order valence-corrected chi connectivity index (χ1v) is 17.3. The van der Waals surface area contributed by atoms with Gasteiger partial charge in [0.25, 0.3) is 0 Å². The molecule has 4 heteroatoms. The van der Waals surface area contributed by atoms with Crippen LogP contribution in [0.1, 0.15) is 11.1 Å². The summed E-state index contributed by atoms with van der Waals surface area (Å²) < 4.78 is 2.36. The van der Waals surface area contributed by atoms with Gasteiger partial charge in [-0.1, -0.05) is 127 Å². The molecule has 0 saturated carbocycles. The van der Waals surface area contributed by atoms with E-state index in [0.29, 0.717) is 17.5 Å². The van der Waals surface area contributed by atoms with Gasteiger partial charge in [-0.25, -0.2) is 15.0 Å². The van der Waals surface area contributed by atoms with Crippen molar-refractivity contribution in [3.8, 4) is 62.1 Å². The van der Waals surface area contributed by atoms with E-state index in [1.807, 2.05) is 60.7 Å². The fourth-order valence-electron chi connectivity index (χ4n) is 7.24. The Labute approximate surface area is 297 Å². The summed E-state index contributed by atoms with van der Waals surface area (Å²) >= 11 is 0. The molecule has 0 amide bonds. The van der Waals surface area contributed by atoms with Crippen molar-refractivity contribution in [2.75, 3.05) is 0 Å². The van der Waals surface area contributed by atoms with Crippen molar-refractivity contribution in [1.29, 1.82) is 0 Å². The molecule has 0 aliphatic carbocycles. The highest BCUT2D eigenvalue weighted by Gasteiger charge is 2.19. The maximum absolute atomic E-state index is 5.05. The molecule has 9 aromatic rings. The quantitative estimate of drug-likeness (QED) is 0.179. The zero-order chi connectivity index (χ0) is 34.3. The number of fused-ring (bicyclic) bond motifs is 3. The van der Waals surface area contributed by atoms with Crippen molar-refractivity contribution in [1.82, 2.24) is 19.5 Å². The predicted octanol–water partition coefficient (Wildman–Crippen LogP) is 11.9. The van der Waals surface area contributed by atoms with Crippen LogP contribution in [-0.2, 0) is 0 Å². The summed E-state index contributed by atoms with van der Waals surface area (Å²) in [6.45, 7) is 4.40. The second-order valence-electron chi connectivity index (χ2n) is 13.0. The highest BCUT2D eigenvalue weighted by Crippen LogP contribution is 2.41. The zero-order valence-electron chi connectivity index (χ0n) is 28.5. The van der Waals surface area contributed by atoms with Crippen molar-refractivity contribution in [2.24, 2.45) is 0 Å². The van der Waals surface area contributed by atoms with Gasteiger partial charge in [-0.2, -0.15) is 0 Å². The largest absolute Gasteiger partial charge is 0.309 e. The van der Waals surface area contributed by atoms with E-state index in [9.17, 15) is 0 Å². The Morgan fingerprint density at radius 1 is 0.373 bits per heavy atom. The molecule has 0 radical (unpaired) electrons. The number of rotatable bonds is 6. The lowest BCUT2D eigenvalue weighted by molar-refractivity contribution is 1.07. The van der Waals surface area contributed by atoms with Gasteiger partial charge < -0.3 is 4.57 Å². The first-order valence-electron chi connectivity index (χ1n) is 17.3. The first kappa shape index (κ1) is 30.4. The van der Waals surface area contributed by atoms with Crippen molar-refractivity contribution in [3.63, 3.8) is 0 Å². The molecule has 2 aromatic heterocycles. The lowest BCUT2D eigenvalue weighted by Gasteiger charge is -2.16. The Balaban J connectivity index is 1.29. The average Bonchev–Trinajstić information content (AvgIpc) is 3.52. The topological polar surface area (TPSA) is 43.6 Å². The monoisotopic (exact) mass is 654 g/mol. The average molecular weight is 655 g/mol. The van der Waals surface area contributed by atoms with E-state index in [-0.39, 0.29) is 0 Å². The normalized spacial score (nSPS) is 11.3. The van der Waals surface area contributed by atoms with Crippen LogP contribution in [-0.4, -0.2) is 19.5 Å². The maximum Gasteiger partial charge on any atom is 0.164 e. The molecule has 0 aliphatic rings. The van der Waals surface area contributed by atoms with Crippen LogP contribution in [0.4, 0.5) is 0 Å². The van der Waals surface area contributed by atoms with Gasteiger partial charge in [0.15, 0.2) is 17.5 Å². The third-order valence-corrected chi connectivity index (χ3v) is 9.74. The van der Waals surface area contributed by atoms with Crippen molar-refractivity contribution in [3.05, 3.63) is 181 Å². The Bertz CT molecular complexity index is 2640. The summed E-state index contributed by atoms with van der Waals surface area (Å²) in [4.78, 5) is 15.0. The number of aromatic nitrogens is 4. The fraction of sp³-hybridized carbons (Fsp3) is 0.0426. The second-order valence-corrected chi connectivity index (χ2v) is 13.0. The SMILES string of the molecule is Cc1ccccc1-c1c(C)cccc1-c1ccc2c(c1)c1cc(-c3nc(-c4ccccc4)nc(-c4ccccc4)n3)ccc1n2-c1ccccc1. The number of benzene rings is 7. The third-order valence-electron chi connectivity index (χ3n) is 9.74. The zero-order valence-corrected chi connectivity index (χ0v) is 28.5. The Morgan fingerprint density at radius 3 is 1.45 bits per heavy atom. The van der Waals surface area contributed by atoms with Crippen LogP contribution in [0.25, 0.3) is 83.9 Å². The predicted molar refractivity (Wildman–Crippen MR) is 211 cm³/mol. The summed E-state index contributed by atoms with van der Waals surface area (Å²) in [6.07, 6.45) is 0. The maximum atomic E-state index is 5.05. The van der Waals surface area contributed by atoms with Crippen LogP contribution < -0.4 is 0 Å². The minimum absolute atomic E-state index is 0.641. The molecule has 0 bridgehead atoms. The van der Waals surface area contributed by atoms with Crippen molar-refractivity contribution >= 4 is 21.8 Å². The third kappa shape index (κ3) is 5.48. The highest BCUT2D eigenvalue weighted by atomic mass is 15.0. The van der Waals surface area contributed by atoms with Gasteiger partial charge in [-0.3, -0.25) is 0 Å². The second kappa shape index (κ2) is 12.7. The minimum Gasteiger partial charge on any atom is -0.309 e. The smallest absolute Gasteiger partial charge is 0.164 e. The molecule has 9 rings (SSSR count). The molecule has 4 nitrogen and oxygen atoms in total. The molecule has 7 aromatic carbocycles. The van der Waals surface area contributed by atoms with Crippen LogP contribution in [0.2, 0.25) is 0 Å². The molecular formula is C47H34N4. The van der Waals surface area contributed by atoms with Crippen LogP contribution in [0, 0.1) is 13.8 Å². The summed E-state index contributed by atoms with van der Waals surface area (Å²) in [5.41, 5.74) is 13.7. The molecule has 51 heavy (non-hydrogen) atoms. The number of hydrogen-bond acceptors (Lipinski definition) is 3. The van der Waals surface area contributed by atoms with Crippen LogP contribution in [0.5, 0.6) is 0 Å². The first-order chi connectivity index (χ1) is 25.1. The van der Waals surface area contributed by atoms with Crippen LogP contribution in [0.3, 0.4) is 0 Å². The summed E-state index contributed by atoms with van der Waals surface area (Å²) in [5.74, 6) is 1.94. The van der Waals surface area contributed by atoms with Gasteiger partial charge in [0.2, 0.25) is 0 Å². The highest BCUT2D eigenvalue weighted by molar-refractivity contribution is 6.12. The van der Waals surface area contributed by atoms with Crippen LogP contribution >= 0.6 is 0 Å². The van der Waals surface area contributed by atoms with Gasteiger partial charge in [-0.15, -0.1) is 0 Å². The van der Waals surface area contributed by atoms with E-state index < -0.39 is 0 Å². The molecular weight excluding hydrogens is 621 g/mol. The van der Waals surface area contributed by atoms with Crippen LogP contribution in [0.15, 0.2) is 170 Å². The van der Waals surface area contributed by atoms with Gasteiger partial charge >= 0.3 is 0 Å². The van der Waals surface area contributed by atoms with Gasteiger partial charge in [0, 0.05) is 33.2 Å². The fourth-order valence-corrected chi connectivity index (χ4v) is 7.24. The van der Waals surface area contributed by atoms with E-state index in [1.54, 1.807) is 0 Å². The van der Waals surface area contributed by atoms with Gasteiger partial charge in [0.05, 0.1) is 11.0 Å². The molecule has 242 valence electrons. The molecule has 0 fully saturated rings. The Kier molecular flexibility index (Phi) is 7.55. The van der Waals surface area contributed by atoms with E-state index in [1.165, 1.54) is 38.8 Å². The lowest BCUT2D eigenvalue weighted by atomic mass is 9.88. The van der Waals surface area contributed by atoms with Gasteiger partial charge in [-0.05, 0) is 89.7 Å². The molecule has 0 atom stereocenters. The van der Waals surface area contributed by atoms with E-state index in [4.69, 9.17) is 15.0 Å².